The number of thiazole rings is 1. The molecule has 0 aliphatic heterocycles. The molecule has 1 heterocycles. The number of nitrogens with zero attached hydrogens (tertiary/aromatic N) is 1. The highest BCUT2D eigenvalue weighted by Crippen LogP contribution is 2.25. The highest BCUT2D eigenvalue weighted by Gasteiger charge is 2.17. The molecule has 0 bridgehead atoms. The Morgan fingerprint density at radius 3 is 2.77 bits per heavy atom. The molecule has 138 valence electrons. The molecule has 6 nitrogen and oxygen atoms in total. The van der Waals surface area contributed by atoms with Crippen LogP contribution in [0.15, 0.2) is 28.7 Å². The predicted octanol–water partition coefficient (Wildman–Crippen LogP) is 4.44. The van der Waals surface area contributed by atoms with E-state index in [0.29, 0.717) is 28.1 Å². The summed E-state index contributed by atoms with van der Waals surface area (Å²) in [6, 6.07) is 5.57. The van der Waals surface area contributed by atoms with Crippen molar-refractivity contribution in [3.8, 4) is 5.75 Å². The third kappa shape index (κ3) is 5.40. The number of esters is 1. The second-order valence-corrected chi connectivity index (χ2v) is 7.01. The Morgan fingerprint density at radius 1 is 1.31 bits per heavy atom. The van der Waals surface area contributed by atoms with Gasteiger partial charge in [0, 0.05) is 16.1 Å². The Kier molecular flexibility index (Phi) is 7.35. The van der Waals surface area contributed by atoms with Crippen LogP contribution in [0.5, 0.6) is 5.75 Å². The lowest BCUT2D eigenvalue weighted by atomic mass is 10.2. The molecule has 0 atom stereocenters. The summed E-state index contributed by atoms with van der Waals surface area (Å²) in [6.07, 6.45) is 3.06. The number of hydrogen-bond donors (Lipinski definition) is 1. The molecule has 1 amide bonds. The first-order valence-electron chi connectivity index (χ1n) is 8.00. The van der Waals surface area contributed by atoms with Crippen LogP contribution in [0.3, 0.4) is 0 Å². The predicted molar refractivity (Wildman–Crippen MR) is 106 cm³/mol. The van der Waals surface area contributed by atoms with Gasteiger partial charge in [-0.2, -0.15) is 0 Å². The van der Waals surface area contributed by atoms with Gasteiger partial charge in [-0.25, -0.2) is 9.78 Å². The minimum atomic E-state index is -0.436. The molecule has 1 N–H and O–H groups in total. The van der Waals surface area contributed by atoms with Gasteiger partial charge in [-0.05, 0) is 45.0 Å². The van der Waals surface area contributed by atoms with E-state index in [9.17, 15) is 9.59 Å². The van der Waals surface area contributed by atoms with E-state index < -0.39 is 5.97 Å². The van der Waals surface area contributed by atoms with Crippen molar-refractivity contribution in [3.05, 3.63) is 44.9 Å². The number of hydrogen-bond acceptors (Lipinski definition) is 6. The van der Waals surface area contributed by atoms with Gasteiger partial charge >= 0.3 is 5.97 Å². The number of aromatic nitrogens is 1. The van der Waals surface area contributed by atoms with Crippen molar-refractivity contribution >= 4 is 50.4 Å². The number of nitrogens with one attached hydrogen (secondary N) is 1. The van der Waals surface area contributed by atoms with Crippen LogP contribution in [-0.2, 0) is 9.53 Å². The quantitative estimate of drug-likeness (QED) is 0.510. The summed E-state index contributed by atoms with van der Waals surface area (Å²) in [5.41, 5.74) is 1.30. The molecular formula is C18H19BrN2O4S. The lowest BCUT2D eigenvalue weighted by Crippen LogP contribution is -2.07. The van der Waals surface area contributed by atoms with E-state index in [1.165, 1.54) is 6.08 Å². The van der Waals surface area contributed by atoms with Crippen LogP contribution in [-0.4, -0.2) is 30.1 Å². The summed E-state index contributed by atoms with van der Waals surface area (Å²) in [5, 5.41) is 3.00. The van der Waals surface area contributed by atoms with Crippen molar-refractivity contribution < 1.29 is 19.1 Å². The SMILES string of the molecule is CCOC(=O)c1sc(NC(=O)/C=C/c2cc(Br)ccc2OCC)nc1C. The van der Waals surface area contributed by atoms with Crippen LogP contribution in [0.4, 0.5) is 5.13 Å². The zero-order chi connectivity index (χ0) is 19.1. The third-order valence-electron chi connectivity index (χ3n) is 3.17. The van der Waals surface area contributed by atoms with Gasteiger partial charge in [0.25, 0.3) is 0 Å². The van der Waals surface area contributed by atoms with Gasteiger partial charge in [0.2, 0.25) is 5.91 Å². The molecule has 1 aromatic carbocycles. The number of aryl methyl sites for hydroxylation is 1. The van der Waals surface area contributed by atoms with Crippen molar-refractivity contribution in [2.45, 2.75) is 20.8 Å². The fourth-order valence-electron chi connectivity index (χ4n) is 2.08. The normalized spacial score (nSPS) is 10.8. The highest BCUT2D eigenvalue weighted by atomic mass is 79.9. The van der Waals surface area contributed by atoms with Crippen molar-refractivity contribution in [2.24, 2.45) is 0 Å². The zero-order valence-electron chi connectivity index (χ0n) is 14.7. The molecule has 0 spiro atoms. The van der Waals surface area contributed by atoms with E-state index in [4.69, 9.17) is 9.47 Å². The van der Waals surface area contributed by atoms with E-state index in [0.717, 1.165) is 21.4 Å². The second-order valence-electron chi connectivity index (χ2n) is 5.09. The molecule has 0 saturated carbocycles. The monoisotopic (exact) mass is 438 g/mol. The molecule has 0 unspecified atom stereocenters. The minimum Gasteiger partial charge on any atom is -0.493 e. The maximum Gasteiger partial charge on any atom is 0.350 e. The van der Waals surface area contributed by atoms with Gasteiger partial charge in [0.1, 0.15) is 10.6 Å². The number of benzene rings is 1. The molecule has 0 saturated heterocycles. The Hall–Kier alpha value is -2.19. The van der Waals surface area contributed by atoms with Gasteiger partial charge in [-0.3, -0.25) is 10.1 Å². The zero-order valence-corrected chi connectivity index (χ0v) is 17.1. The van der Waals surface area contributed by atoms with Gasteiger partial charge in [0.15, 0.2) is 5.13 Å². The second kappa shape index (κ2) is 9.49. The maximum absolute atomic E-state index is 12.2. The Bertz CT molecular complexity index is 833. The average molecular weight is 439 g/mol. The molecule has 2 aromatic rings. The number of ether oxygens (including phenoxy) is 2. The summed E-state index contributed by atoms with van der Waals surface area (Å²) in [5.74, 6) is -0.0972. The summed E-state index contributed by atoms with van der Waals surface area (Å²) < 4.78 is 11.4. The van der Waals surface area contributed by atoms with Crippen molar-refractivity contribution in [2.75, 3.05) is 18.5 Å². The van der Waals surface area contributed by atoms with Gasteiger partial charge in [-0.15, -0.1) is 0 Å². The van der Waals surface area contributed by atoms with Crippen LogP contribution < -0.4 is 10.1 Å². The van der Waals surface area contributed by atoms with Crippen LogP contribution in [0, 0.1) is 6.92 Å². The number of rotatable bonds is 7. The van der Waals surface area contributed by atoms with E-state index in [2.05, 4.69) is 26.2 Å². The summed E-state index contributed by atoms with van der Waals surface area (Å²) in [4.78, 5) is 28.5. The summed E-state index contributed by atoms with van der Waals surface area (Å²) in [6.45, 7) is 6.15. The Morgan fingerprint density at radius 2 is 2.08 bits per heavy atom. The minimum absolute atomic E-state index is 0.287. The topological polar surface area (TPSA) is 77.5 Å². The summed E-state index contributed by atoms with van der Waals surface area (Å²) in [7, 11) is 0. The first-order valence-corrected chi connectivity index (χ1v) is 9.61. The van der Waals surface area contributed by atoms with Crippen molar-refractivity contribution in [1.82, 2.24) is 4.98 Å². The van der Waals surface area contributed by atoms with Crippen molar-refractivity contribution in [1.29, 1.82) is 0 Å². The van der Waals surface area contributed by atoms with Gasteiger partial charge < -0.3 is 9.47 Å². The molecule has 8 heteroatoms. The van der Waals surface area contributed by atoms with Crippen LogP contribution in [0.1, 0.15) is 34.8 Å². The largest absolute Gasteiger partial charge is 0.493 e. The van der Waals surface area contributed by atoms with Crippen LogP contribution in [0.25, 0.3) is 6.08 Å². The molecule has 0 radical (unpaired) electrons. The fraction of sp³-hybridized carbons (Fsp3) is 0.278. The molecule has 0 aliphatic carbocycles. The number of halogens is 1. The standard InChI is InChI=1S/C18H19BrN2O4S/c1-4-24-14-8-7-13(19)10-12(14)6-9-15(22)21-18-20-11(3)16(26-18)17(23)25-5-2/h6-10H,4-5H2,1-3H3,(H,20,21,22)/b9-6+. The molecule has 1 aromatic heterocycles. The third-order valence-corrected chi connectivity index (χ3v) is 4.72. The fourth-order valence-corrected chi connectivity index (χ4v) is 3.33. The van der Waals surface area contributed by atoms with Crippen LogP contribution in [0.2, 0.25) is 0 Å². The maximum atomic E-state index is 12.2. The van der Waals surface area contributed by atoms with Crippen LogP contribution >= 0.6 is 27.3 Å². The smallest absolute Gasteiger partial charge is 0.350 e. The van der Waals surface area contributed by atoms with Crippen molar-refractivity contribution in [3.63, 3.8) is 0 Å². The lowest BCUT2D eigenvalue weighted by Gasteiger charge is -2.07. The number of amides is 1. The Balaban J connectivity index is 2.10. The van der Waals surface area contributed by atoms with E-state index in [-0.39, 0.29) is 12.5 Å². The number of carbonyl (C=O) groups is 2. The average Bonchev–Trinajstić information content (AvgIpc) is 2.95. The number of carbonyl (C=O) groups excluding carboxylic acids is 2. The first kappa shape index (κ1) is 20.1. The number of anilines is 1. The first-order chi connectivity index (χ1) is 12.4. The molecule has 26 heavy (non-hydrogen) atoms. The summed E-state index contributed by atoms with van der Waals surface area (Å²) >= 11 is 4.49. The Labute approximate surface area is 164 Å². The molecule has 0 fully saturated rings. The molecule has 2 rings (SSSR count). The molecular weight excluding hydrogens is 420 g/mol. The molecule has 0 aliphatic rings. The van der Waals surface area contributed by atoms with Gasteiger partial charge in [-0.1, -0.05) is 27.3 Å². The highest BCUT2D eigenvalue weighted by molar-refractivity contribution is 9.10. The van der Waals surface area contributed by atoms with E-state index in [1.807, 2.05) is 25.1 Å². The van der Waals surface area contributed by atoms with Gasteiger partial charge in [0.05, 0.1) is 18.9 Å². The van der Waals surface area contributed by atoms with E-state index >= 15 is 0 Å². The lowest BCUT2D eigenvalue weighted by molar-refractivity contribution is -0.111. The van der Waals surface area contributed by atoms with E-state index in [1.54, 1.807) is 19.9 Å².